The standard InChI is InChI=1S/C21H23NO6S/c1-27-18-5-7-19(8-6-18)29(25,26)22-17-12-14-3-4-15(11-16(14)13-17)20(23)9-10-21(24)28-2/h3-8,11,17,22H,9-10,12-13H2,1-2H3. The quantitative estimate of drug-likeness (QED) is 0.523. The van der Waals surface area contributed by atoms with Crippen molar-refractivity contribution in [3.05, 3.63) is 59.2 Å². The van der Waals surface area contributed by atoms with E-state index < -0.39 is 16.0 Å². The molecule has 0 aliphatic heterocycles. The molecule has 1 aliphatic carbocycles. The van der Waals surface area contributed by atoms with Crippen LogP contribution in [0.1, 0.15) is 34.3 Å². The van der Waals surface area contributed by atoms with Crippen molar-refractivity contribution in [2.45, 2.75) is 36.6 Å². The largest absolute Gasteiger partial charge is 0.497 e. The summed E-state index contributed by atoms with van der Waals surface area (Å²) in [6.07, 6.45) is 1.18. The van der Waals surface area contributed by atoms with Gasteiger partial charge in [0.05, 0.1) is 25.5 Å². The summed E-state index contributed by atoms with van der Waals surface area (Å²) in [6.45, 7) is 0. The highest BCUT2D eigenvalue weighted by atomic mass is 32.2. The molecule has 1 atom stereocenters. The fourth-order valence-electron chi connectivity index (χ4n) is 3.38. The summed E-state index contributed by atoms with van der Waals surface area (Å²) in [6, 6.07) is 11.3. The van der Waals surface area contributed by atoms with Crippen LogP contribution < -0.4 is 9.46 Å². The Morgan fingerprint density at radius 3 is 2.34 bits per heavy atom. The van der Waals surface area contributed by atoms with Gasteiger partial charge in [-0.05, 0) is 54.3 Å². The van der Waals surface area contributed by atoms with Gasteiger partial charge in [-0.15, -0.1) is 0 Å². The summed E-state index contributed by atoms with van der Waals surface area (Å²) in [5.41, 5.74) is 2.47. The first-order chi connectivity index (χ1) is 13.8. The van der Waals surface area contributed by atoms with Gasteiger partial charge in [-0.25, -0.2) is 13.1 Å². The molecule has 0 fully saturated rings. The van der Waals surface area contributed by atoms with Crippen LogP contribution in [0.4, 0.5) is 0 Å². The molecule has 29 heavy (non-hydrogen) atoms. The first kappa shape index (κ1) is 21.0. The molecule has 0 heterocycles. The van der Waals surface area contributed by atoms with Crippen molar-refractivity contribution < 1.29 is 27.5 Å². The number of fused-ring (bicyclic) bond motifs is 1. The van der Waals surface area contributed by atoms with Gasteiger partial charge in [0.25, 0.3) is 0 Å². The molecule has 1 N–H and O–H groups in total. The average Bonchev–Trinajstić information content (AvgIpc) is 3.12. The third-order valence-electron chi connectivity index (χ3n) is 4.94. The maximum absolute atomic E-state index is 12.6. The van der Waals surface area contributed by atoms with Crippen LogP contribution in [-0.4, -0.2) is 40.4 Å². The van der Waals surface area contributed by atoms with Gasteiger partial charge in [-0.1, -0.05) is 12.1 Å². The van der Waals surface area contributed by atoms with E-state index in [4.69, 9.17) is 4.74 Å². The SMILES string of the molecule is COC(=O)CCC(=O)c1ccc2c(c1)CC(NS(=O)(=O)c1ccc(OC)cc1)C2. The Hall–Kier alpha value is -2.71. The van der Waals surface area contributed by atoms with Crippen molar-refractivity contribution in [2.75, 3.05) is 14.2 Å². The Kier molecular flexibility index (Phi) is 6.34. The number of ether oxygens (including phenoxy) is 2. The van der Waals surface area contributed by atoms with Crippen LogP contribution in [0.5, 0.6) is 5.75 Å². The third-order valence-corrected chi connectivity index (χ3v) is 6.47. The molecule has 154 valence electrons. The van der Waals surface area contributed by atoms with Gasteiger partial charge in [-0.3, -0.25) is 9.59 Å². The topological polar surface area (TPSA) is 98.8 Å². The van der Waals surface area contributed by atoms with Crippen molar-refractivity contribution >= 4 is 21.8 Å². The number of benzene rings is 2. The van der Waals surface area contributed by atoms with E-state index in [0.717, 1.165) is 11.1 Å². The number of carbonyl (C=O) groups is 2. The molecule has 0 saturated carbocycles. The zero-order valence-electron chi connectivity index (χ0n) is 16.3. The van der Waals surface area contributed by atoms with E-state index in [2.05, 4.69) is 9.46 Å². The molecule has 0 amide bonds. The molecule has 0 saturated heterocycles. The van der Waals surface area contributed by atoms with Gasteiger partial charge in [-0.2, -0.15) is 0 Å². The first-order valence-corrected chi connectivity index (χ1v) is 10.7. The Labute approximate surface area is 170 Å². The number of Topliss-reactive ketones (excluding diaryl/α,β-unsaturated/α-hetero) is 1. The number of methoxy groups -OCH3 is 2. The fraction of sp³-hybridized carbons (Fsp3) is 0.333. The predicted octanol–water partition coefficient (Wildman–Crippen LogP) is 2.28. The van der Waals surface area contributed by atoms with Crippen LogP contribution in [0.25, 0.3) is 0 Å². The van der Waals surface area contributed by atoms with E-state index in [1.165, 1.54) is 26.4 Å². The molecule has 1 aliphatic rings. The van der Waals surface area contributed by atoms with E-state index in [1.807, 2.05) is 6.07 Å². The minimum atomic E-state index is -3.66. The number of esters is 1. The van der Waals surface area contributed by atoms with Crippen LogP contribution >= 0.6 is 0 Å². The number of nitrogens with one attached hydrogen (secondary N) is 1. The lowest BCUT2D eigenvalue weighted by molar-refractivity contribution is -0.140. The van der Waals surface area contributed by atoms with Gasteiger partial charge in [0.2, 0.25) is 10.0 Å². The van der Waals surface area contributed by atoms with Crippen molar-refractivity contribution in [2.24, 2.45) is 0 Å². The highest BCUT2D eigenvalue weighted by Gasteiger charge is 2.27. The fourth-order valence-corrected chi connectivity index (χ4v) is 4.62. The van der Waals surface area contributed by atoms with Crippen molar-refractivity contribution in [1.29, 1.82) is 0 Å². The predicted molar refractivity (Wildman–Crippen MR) is 107 cm³/mol. The molecular formula is C21H23NO6S. The van der Waals surface area contributed by atoms with Crippen LogP contribution in [0.15, 0.2) is 47.4 Å². The molecular weight excluding hydrogens is 394 g/mol. The van der Waals surface area contributed by atoms with Gasteiger partial charge < -0.3 is 9.47 Å². The Morgan fingerprint density at radius 1 is 1.00 bits per heavy atom. The summed E-state index contributed by atoms with van der Waals surface area (Å²) in [7, 11) is -0.851. The number of sulfonamides is 1. The lowest BCUT2D eigenvalue weighted by Crippen LogP contribution is -2.35. The van der Waals surface area contributed by atoms with E-state index in [9.17, 15) is 18.0 Å². The highest BCUT2D eigenvalue weighted by Crippen LogP contribution is 2.26. The lowest BCUT2D eigenvalue weighted by atomic mass is 10.0. The molecule has 0 aromatic heterocycles. The first-order valence-electron chi connectivity index (χ1n) is 9.20. The molecule has 2 aromatic rings. The molecule has 0 spiro atoms. The summed E-state index contributed by atoms with van der Waals surface area (Å²) >= 11 is 0. The smallest absolute Gasteiger partial charge is 0.305 e. The number of hydrogen-bond donors (Lipinski definition) is 1. The number of ketones is 1. The van der Waals surface area contributed by atoms with E-state index in [-0.39, 0.29) is 29.6 Å². The Bertz CT molecular complexity index is 1010. The molecule has 3 rings (SSSR count). The van der Waals surface area contributed by atoms with Crippen molar-refractivity contribution in [1.82, 2.24) is 4.72 Å². The molecule has 0 bridgehead atoms. The summed E-state index contributed by atoms with van der Waals surface area (Å²) in [5, 5.41) is 0. The van der Waals surface area contributed by atoms with Gasteiger partial charge >= 0.3 is 5.97 Å². The number of rotatable bonds is 8. The van der Waals surface area contributed by atoms with Crippen molar-refractivity contribution in [3.63, 3.8) is 0 Å². The Balaban J connectivity index is 1.66. The van der Waals surface area contributed by atoms with Crippen LogP contribution in [0.2, 0.25) is 0 Å². The molecule has 8 heteroatoms. The maximum atomic E-state index is 12.6. The highest BCUT2D eigenvalue weighted by molar-refractivity contribution is 7.89. The molecule has 1 unspecified atom stereocenters. The minimum Gasteiger partial charge on any atom is -0.497 e. The van der Waals surface area contributed by atoms with Crippen LogP contribution in [0.3, 0.4) is 0 Å². The van der Waals surface area contributed by atoms with E-state index in [1.54, 1.807) is 24.3 Å². The second-order valence-corrected chi connectivity index (χ2v) is 8.60. The summed E-state index contributed by atoms with van der Waals surface area (Å²) in [5.74, 6) is 0.0228. The van der Waals surface area contributed by atoms with E-state index >= 15 is 0 Å². The second-order valence-electron chi connectivity index (χ2n) is 6.88. The molecule has 2 aromatic carbocycles. The maximum Gasteiger partial charge on any atom is 0.305 e. The minimum absolute atomic E-state index is 0.0384. The van der Waals surface area contributed by atoms with Crippen LogP contribution in [-0.2, 0) is 32.4 Å². The summed E-state index contributed by atoms with van der Waals surface area (Å²) in [4.78, 5) is 23.7. The van der Waals surface area contributed by atoms with Crippen molar-refractivity contribution in [3.8, 4) is 5.75 Å². The zero-order chi connectivity index (χ0) is 21.0. The number of carbonyl (C=O) groups excluding carboxylic acids is 2. The lowest BCUT2D eigenvalue weighted by Gasteiger charge is -2.13. The molecule has 0 radical (unpaired) electrons. The van der Waals surface area contributed by atoms with Gasteiger partial charge in [0.1, 0.15) is 5.75 Å². The zero-order valence-corrected chi connectivity index (χ0v) is 17.1. The second kappa shape index (κ2) is 8.75. The normalized spacial score (nSPS) is 15.6. The third kappa shape index (κ3) is 5.02. The Morgan fingerprint density at radius 2 is 1.69 bits per heavy atom. The summed E-state index contributed by atoms with van der Waals surface area (Å²) < 4.78 is 37.6. The van der Waals surface area contributed by atoms with Crippen LogP contribution in [0, 0.1) is 0 Å². The molecule has 7 nitrogen and oxygen atoms in total. The van der Waals surface area contributed by atoms with E-state index in [0.29, 0.717) is 24.2 Å². The monoisotopic (exact) mass is 417 g/mol. The van der Waals surface area contributed by atoms with Gasteiger partial charge in [0, 0.05) is 18.0 Å². The number of hydrogen-bond acceptors (Lipinski definition) is 6. The average molecular weight is 417 g/mol. The van der Waals surface area contributed by atoms with Gasteiger partial charge in [0.15, 0.2) is 5.78 Å².